The summed E-state index contributed by atoms with van der Waals surface area (Å²) in [5.41, 5.74) is 0.977. The molecular weight excluding hydrogens is 853 g/mol. The Balaban J connectivity index is 0.000000254. The van der Waals surface area contributed by atoms with Crippen molar-refractivity contribution >= 4 is 12.4 Å². The summed E-state index contributed by atoms with van der Waals surface area (Å²) >= 11 is 0. The molecule has 4 aliphatic rings. The predicted molar refractivity (Wildman–Crippen MR) is 274 cm³/mol. The molecule has 68 heavy (non-hydrogen) atoms. The van der Waals surface area contributed by atoms with Crippen LogP contribution in [0.5, 0.6) is 11.5 Å². The molecule has 4 fully saturated rings. The zero-order chi connectivity index (χ0) is 50.5. The van der Waals surface area contributed by atoms with Crippen LogP contribution in [-0.2, 0) is 9.47 Å². The Morgan fingerprint density at radius 3 is 1.44 bits per heavy atom. The fourth-order valence-electron chi connectivity index (χ4n) is 11.5. The lowest BCUT2D eigenvalue weighted by Gasteiger charge is -2.53. The van der Waals surface area contributed by atoms with Gasteiger partial charge >= 0.3 is 0 Å². The van der Waals surface area contributed by atoms with Gasteiger partial charge in [0.2, 0.25) is 23.5 Å². The molecule has 6 rings (SSSR count). The second kappa shape index (κ2) is 22.9. The third kappa shape index (κ3) is 14.5. The number of hydroxylamine groups is 2. The van der Waals surface area contributed by atoms with Crippen LogP contribution >= 0.6 is 0 Å². The standard InChI is InChI=1S/2C29H48NO4/c1-19(33-24-13-9-12-23(17-24)18-30(32)28(5,6)7)11-10-15-29(8)16-14-25-22(4)26(31)20(2)21(3)27(25)34-29;1-19(33-24-13-11-23(12-14-24)18-30(32)28(5,6)7)10-9-16-29(8)17-15-25-22(4)26(31)20(2)21(3)27(25)34-29/h9,12-13,17-22,25-27,31-32H,10-11,14-16H2,1-8H3;11-14,18-22,25-27,31-32H,9-10,15-17H2,1-8H3/q2*+1/b2*30-18+. The van der Waals surface area contributed by atoms with Crippen LogP contribution in [0.25, 0.3) is 0 Å². The molecule has 16 unspecified atom stereocenters. The van der Waals surface area contributed by atoms with Gasteiger partial charge in [0.05, 0.1) is 47.8 Å². The zero-order valence-corrected chi connectivity index (χ0v) is 45.2. The molecule has 10 heteroatoms. The quantitative estimate of drug-likeness (QED) is 0.0639. The lowest BCUT2D eigenvalue weighted by Crippen LogP contribution is -2.56. The minimum absolute atomic E-state index is 0.0857. The molecule has 2 saturated heterocycles. The van der Waals surface area contributed by atoms with E-state index in [1.807, 2.05) is 90.1 Å². The van der Waals surface area contributed by atoms with Crippen molar-refractivity contribution < 1.29 is 49.1 Å². The molecule has 0 bridgehead atoms. The molecule has 0 radical (unpaired) electrons. The van der Waals surface area contributed by atoms with Gasteiger partial charge in [-0.1, -0.05) is 47.6 Å². The molecule has 2 heterocycles. The summed E-state index contributed by atoms with van der Waals surface area (Å²) in [6, 6.07) is 15.7. The Morgan fingerprint density at radius 2 is 1.01 bits per heavy atom. The Labute approximate surface area is 412 Å². The van der Waals surface area contributed by atoms with E-state index in [9.17, 15) is 20.6 Å². The molecule has 0 aromatic heterocycles. The second-order valence-corrected chi connectivity index (χ2v) is 24.7. The number of benzene rings is 2. The number of aliphatic hydroxyl groups is 2. The molecule has 4 N–H and O–H groups in total. The van der Waals surface area contributed by atoms with Crippen LogP contribution in [0.3, 0.4) is 0 Å². The smallest absolute Gasteiger partial charge is 0.223 e. The van der Waals surface area contributed by atoms with Crippen molar-refractivity contribution in [2.75, 3.05) is 0 Å². The van der Waals surface area contributed by atoms with E-state index in [0.29, 0.717) is 35.5 Å². The van der Waals surface area contributed by atoms with Gasteiger partial charge in [0, 0.05) is 52.7 Å². The highest BCUT2D eigenvalue weighted by Gasteiger charge is 2.51. The zero-order valence-electron chi connectivity index (χ0n) is 45.2. The lowest BCUT2D eigenvalue weighted by molar-refractivity contribution is -0.816. The number of ether oxygens (including phenoxy) is 4. The van der Waals surface area contributed by atoms with Gasteiger partial charge in [-0.15, -0.1) is 0 Å². The minimum Gasteiger partial charge on any atom is -0.491 e. The van der Waals surface area contributed by atoms with Crippen molar-refractivity contribution in [3.05, 3.63) is 59.7 Å². The molecule has 2 aliphatic heterocycles. The SMILES string of the molecule is CC(CCCC1(C)CCC2C(C)C(O)C(C)C(C)C2O1)Oc1ccc(/C=[N+](/O)C(C)(C)C)cc1.CC(CCCC1(C)CCC2C(C)C(O)C(C)C(C)C2O1)Oc1cccc(/C=[N+](/O)C(C)(C)C)c1. The first-order valence-corrected chi connectivity index (χ1v) is 26.5. The van der Waals surface area contributed by atoms with E-state index in [1.165, 1.54) is 9.48 Å². The van der Waals surface area contributed by atoms with Gasteiger partial charge in [-0.25, -0.2) is 0 Å². The summed E-state index contributed by atoms with van der Waals surface area (Å²) in [7, 11) is 0. The summed E-state index contributed by atoms with van der Waals surface area (Å²) in [5.74, 6) is 4.57. The molecule has 2 aliphatic carbocycles. The topological polar surface area (TPSA) is 124 Å². The third-order valence-electron chi connectivity index (χ3n) is 16.9. The van der Waals surface area contributed by atoms with Crippen molar-refractivity contribution in [2.24, 2.45) is 47.3 Å². The number of hydrogen-bond acceptors (Lipinski definition) is 8. The average Bonchev–Trinajstić information content (AvgIpc) is 3.26. The van der Waals surface area contributed by atoms with Crippen LogP contribution in [0.1, 0.15) is 186 Å². The Kier molecular flexibility index (Phi) is 18.8. The van der Waals surface area contributed by atoms with Crippen molar-refractivity contribution in [3.63, 3.8) is 0 Å². The molecule has 2 aromatic carbocycles. The van der Waals surface area contributed by atoms with Crippen molar-refractivity contribution in [1.82, 2.24) is 0 Å². The van der Waals surface area contributed by atoms with Gasteiger partial charge < -0.3 is 29.2 Å². The second-order valence-electron chi connectivity index (χ2n) is 24.7. The minimum atomic E-state index is -0.354. The van der Waals surface area contributed by atoms with E-state index in [4.69, 9.17) is 18.9 Å². The molecule has 2 saturated carbocycles. The van der Waals surface area contributed by atoms with E-state index < -0.39 is 0 Å². The maximum atomic E-state index is 10.6. The van der Waals surface area contributed by atoms with E-state index in [0.717, 1.165) is 86.8 Å². The monoisotopic (exact) mass is 949 g/mol. The summed E-state index contributed by atoms with van der Waals surface area (Å²) in [6.07, 6.45) is 14.3. The first-order valence-electron chi connectivity index (χ1n) is 26.5. The van der Waals surface area contributed by atoms with Crippen molar-refractivity contribution in [3.8, 4) is 11.5 Å². The molecule has 384 valence electrons. The number of nitrogens with zero attached hydrogens (tertiary/aromatic N) is 2. The van der Waals surface area contributed by atoms with E-state index in [2.05, 4.69) is 69.2 Å². The first kappa shape index (κ1) is 55.7. The fraction of sp³-hybridized carbons (Fsp3) is 0.759. The Hall–Kier alpha value is -3.18. The largest absolute Gasteiger partial charge is 0.491 e. The van der Waals surface area contributed by atoms with E-state index in [1.54, 1.807) is 12.4 Å². The van der Waals surface area contributed by atoms with Crippen LogP contribution in [0.4, 0.5) is 0 Å². The van der Waals surface area contributed by atoms with Gasteiger partial charge in [0.25, 0.3) is 0 Å². The van der Waals surface area contributed by atoms with Crippen LogP contribution < -0.4 is 9.47 Å². The van der Waals surface area contributed by atoms with Gasteiger partial charge in [0.1, 0.15) is 11.5 Å². The molecule has 10 nitrogen and oxygen atoms in total. The number of hydrogen-bond donors (Lipinski definition) is 4. The predicted octanol–water partition coefficient (Wildman–Crippen LogP) is 12.2. The highest BCUT2D eigenvalue weighted by molar-refractivity contribution is 5.76. The molecule has 2 aromatic rings. The van der Waals surface area contributed by atoms with Gasteiger partial charge in [-0.3, -0.25) is 10.4 Å². The highest BCUT2D eigenvalue weighted by atomic mass is 16.5. The normalized spacial score (nSPS) is 35.5. The summed E-state index contributed by atoms with van der Waals surface area (Å²) in [6.45, 7) is 33.8. The van der Waals surface area contributed by atoms with Crippen LogP contribution in [0, 0.1) is 47.3 Å². The lowest BCUT2D eigenvalue weighted by atomic mass is 9.63. The fourth-order valence-corrected chi connectivity index (χ4v) is 11.5. The first-order chi connectivity index (χ1) is 31.6. The summed E-state index contributed by atoms with van der Waals surface area (Å²) in [5, 5.41) is 41.6. The maximum absolute atomic E-state index is 10.6. The molecule has 0 amide bonds. The van der Waals surface area contributed by atoms with Crippen LogP contribution in [0.2, 0.25) is 0 Å². The van der Waals surface area contributed by atoms with Gasteiger partial charge in [-0.05, 0) is 191 Å². The molecule has 16 atom stereocenters. The van der Waals surface area contributed by atoms with Crippen molar-refractivity contribution in [1.29, 1.82) is 0 Å². The van der Waals surface area contributed by atoms with Crippen molar-refractivity contribution in [2.45, 2.75) is 234 Å². The molecular formula is C58H96N2O8+2. The number of rotatable bonds is 14. The Morgan fingerprint density at radius 1 is 0.603 bits per heavy atom. The van der Waals surface area contributed by atoms with Gasteiger partial charge in [-0.2, -0.15) is 0 Å². The van der Waals surface area contributed by atoms with Gasteiger partial charge in [0.15, 0.2) is 0 Å². The number of fused-ring (bicyclic) bond motifs is 2. The third-order valence-corrected chi connectivity index (χ3v) is 16.9. The van der Waals surface area contributed by atoms with Crippen LogP contribution in [0.15, 0.2) is 48.5 Å². The molecule has 0 spiro atoms. The van der Waals surface area contributed by atoms with E-state index >= 15 is 0 Å². The maximum Gasteiger partial charge on any atom is 0.223 e. The van der Waals surface area contributed by atoms with E-state index in [-0.39, 0.29) is 70.7 Å². The highest BCUT2D eigenvalue weighted by Crippen LogP contribution is 2.50. The number of aliphatic hydroxyl groups excluding tert-OH is 2. The van der Waals surface area contributed by atoms with Crippen LogP contribution in [-0.4, -0.2) is 101 Å². The summed E-state index contributed by atoms with van der Waals surface area (Å²) < 4.78 is 28.4. The Bertz CT molecular complexity index is 1960. The average molecular weight is 949 g/mol. The summed E-state index contributed by atoms with van der Waals surface area (Å²) in [4.78, 5) is 0.